The van der Waals surface area contributed by atoms with Crippen LogP contribution in [0.1, 0.15) is 17.0 Å². The van der Waals surface area contributed by atoms with E-state index in [1.807, 2.05) is 17.5 Å². The number of sulfone groups is 1. The van der Waals surface area contributed by atoms with E-state index in [1.165, 1.54) is 33.1 Å². The molecule has 0 bridgehead atoms. The fourth-order valence-electron chi connectivity index (χ4n) is 3.13. The predicted molar refractivity (Wildman–Crippen MR) is 104 cm³/mol. The zero-order valence-corrected chi connectivity index (χ0v) is 16.6. The molecule has 0 N–H and O–H groups in total. The van der Waals surface area contributed by atoms with Gasteiger partial charge in [-0.2, -0.15) is 0 Å². The van der Waals surface area contributed by atoms with E-state index in [2.05, 4.69) is 10.1 Å². The van der Waals surface area contributed by atoms with Crippen molar-refractivity contribution in [2.75, 3.05) is 18.6 Å². The number of carbonyl (C=O) groups excluding carboxylic acids is 1. The highest BCUT2D eigenvalue weighted by Crippen LogP contribution is 2.26. The summed E-state index contributed by atoms with van der Waals surface area (Å²) in [4.78, 5) is 19.5. The molecule has 0 unspecified atom stereocenters. The Balaban J connectivity index is 1.71. The Morgan fingerprint density at radius 2 is 2.04 bits per heavy atom. The second kappa shape index (κ2) is 7.10. The van der Waals surface area contributed by atoms with E-state index in [9.17, 15) is 17.6 Å². The minimum Gasteiger partial charge on any atom is -0.335 e. The molecule has 1 saturated heterocycles. The number of carbonyl (C=O) groups is 1. The van der Waals surface area contributed by atoms with E-state index in [0.29, 0.717) is 17.9 Å². The lowest BCUT2D eigenvalue weighted by molar-refractivity contribution is 0.0735. The minimum absolute atomic E-state index is 0.0282. The van der Waals surface area contributed by atoms with Crippen molar-refractivity contribution in [1.29, 1.82) is 0 Å². The molecule has 4 rings (SSSR count). The molecule has 3 heterocycles. The van der Waals surface area contributed by atoms with Crippen LogP contribution in [0.4, 0.5) is 4.39 Å². The van der Waals surface area contributed by atoms with Crippen molar-refractivity contribution >= 4 is 27.1 Å². The Morgan fingerprint density at radius 1 is 1.29 bits per heavy atom. The van der Waals surface area contributed by atoms with Crippen LogP contribution in [0.25, 0.3) is 16.4 Å². The second-order valence-corrected chi connectivity index (χ2v) is 9.77. The normalized spacial score (nSPS) is 18.3. The molecule has 7 nitrogen and oxygen atoms in total. The quantitative estimate of drug-likeness (QED) is 0.647. The molecule has 1 atom stereocenters. The van der Waals surface area contributed by atoms with Gasteiger partial charge in [-0.25, -0.2) is 22.5 Å². The van der Waals surface area contributed by atoms with Gasteiger partial charge in [-0.1, -0.05) is 6.07 Å². The highest BCUT2D eigenvalue weighted by atomic mass is 32.2. The predicted octanol–water partition coefficient (Wildman–Crippen LogP) is 2.39. The third-order valence-corrected chi connectivity index (χ3v) is 7.30. The lowest BCUT2D eigenvalue weighted by Gasteiger charge is -2.21. The summed E-state index contributed by atoms with van der Waals surface area (Å²) in [6.07, 6.45) is 0.404. The van der Waals surface area contributed by atoms with Gasteiger partial charge in [-0.15, -0.1) is 16.4 Å². The topological polar surface area (TPSA) is 85.2 Å². The van der Waals surface area contributed by atoms with E-state index < -0.39 is 15.7 Å². The zero-order chi connectivity index (χ0) is 19.9. The average Bonchev–Trinajstić information content (AvgIpc) is 3.40. The SMILES string of the molecule is CN(C(=O)c1nc(-c2cccs2)n(-c2ccc(F)cc2)n1)[C@H]1CCS(=O)(=O)C1. The minimum atomic E-state index is -3.12. The molecule has 146 valence electrons. The molecule has 2 aromatic heterocycles. The first-order valence-electron chi connectivity index (χ1n) is 8.58. The Hall–Kier alpha value is -2.59. The van der Waals surface area contributed by atoms with Crippen LogP contribution in [0.5, 0.6) is 0 Å². The highest BCUT2D eigenvalue weighted by molar-refractivity contribution is 7.91. The van der Waals surface area contributed by atoms with Gasteiger partial charge in [-0.3, -0.25) is 4.79 Å². The summed E-state index contributed by atoms with van der Waals surface area (Å²) in [5, 5.41) is 6.23. The molecule has 0 aliphatic carbocycles. The molecule has 28 heavy (non-hydrogen) atoms. The van der Waals surface area contributed by atoms with E-state index in [-0.39, 0.29) is 29.2 Å². The van der Waals surface area contributed by atoms with Crippen molar-refractivity contribution in [3.05, 3.63) is 53.4 Å². The molecule has 0 radical (unpaired) electrons. The maximum absolute atomic E-state index is 13.3. The van der Waals surface area contributed by atoms with Crippen molar-refractivity contribution < 1.29 is 17.6 Å². The highest BCUT2D eigenvalue weighted by Gasteiger charge is 2.34. The Kier molecular flexibility index (Phi) is 4.76. The molecule has 1 fully saturated rings. The third kappa shape index (κ3) is 3.57. The summed E-state index contributed by atoms with van der Waals surface area (Å²) in [6.45, 7) is 0. The van der Waals surface area contributed by atoms with Gasteiger partial charge >= 0.3 is 0 Å². The fourth-order valence-corrected chi connectivity index (χ4v) is 5.61. The van der Waals surface area contributed by atoms with Gasteiger partial charge in [-0.05, 0) is 42.1 Å². The van der Waals surface area contributed by atoms with Crippen LogP contribution in [0.3, 0.4) is 0 Å². The van der Waals surface area contributed by atoms with Crippen LogP contribution in [-0.4, -0.2) is 58.6 Å². The van der Waals surface area contributed by atoms with Gasteiger partial charge in [0, 0.05) is 13.1 Å². The molecular weight excluding hydrogens is 403 g/mol. The number of amides is 1. The summed E-state index contributed by atoms with van der Waals surface area (Å²) < 4.78 is 38.3. The monoisotopic (exact) mass is 420 g/mol. The van der Waals surface area contributed by atoms with Crippen molar-refractivity contribution in [2.45, 2.75) is 12.5 Å². The number of nitrogens with zero attached hydrogens (tertiary/aromatic N) is 4. The smallest absolute Gasteiger partial charge is 0.293 e. The van der Waals surface area contributed by atoms with Crippen molar-refractivity contribution in [3.63, 3.8) is 0 Å². The number of hydrogen-bond donors (Lipinski definition) is 0. The van der Waals surface area contributed by atoms with Crippen LogP contribution in [0.2, 0.25) is 0 Å². The fraction of sp³-hybridized carbons (Fsp3) is 0.278. The van der Waals surface area contributed by atoms with Gasteiger partial charge in [0.25, 0.3) is 5.91 Å². The molecule has 1 aliphatic heterocycles. The van der Waals surface area contributed by atoms with Crippen LogP contribution in [0.15, 0.2) is 41.8 Å². The third-order valence-electron chi connectivity index (χ3n) is 4.69. The number of aromatic nitrogens is 3. The van der Waals surface area contributed by atoms with Gasteiger partial charge in [0.2, 0.25) is 5.82 Å². The molecule has 1 amide bonds. The number of hydrogen-bond acceptors (Lipinski definition) is 6. The van der Waals surface area contributed by atoms with Crippen LogP contribution in [0, 0.1) is 5.82 Å². The first kappa shape index (κ1) is 18.8. The van der Waals surface area contributed by atoms with Gasteiger partial charge in [0.1, 0.15) is 5.82 Å². The average molecular weight is 420 g/mol. The standard InChI is InChI=1S/C18H17FN4O3S2/c1-22(14-8-10-28(25,26)11-14)18(24)16-20-17(15-3-2-9-27-15)23(21-16)13-6-4-12(19)5-7-13/h2-7,9,14H,8,10-11H2,1H3/t14-/m0/s1. The zero-order valence-electron chi connectivity index (χ0n) is 14.9. The summed E-state index contributed by atoms with van der Waals surface area (Å²) in [5.41, 5.74) is 0.572. The molecule has 3 aromatic rings. The van der Waals surface area contributed by atoms with Crippen molar-refractivity contribution in [1.82, 2.24) is 19.7 Å². The first-order valence-corrected chi connectivity index (χ1v) is 11.3. The summed E-state index contributed by atoms with van der Waals surface area (Å²) in [5.74, 6) is -0.350. The number of benzene rings is 1. The van der Waals surface area contributed by atoms with Gasteiger partial charge < -0.3 is 4.90 Å². The Morgan fingerprint density at radius 3 is 2.64 bits per heavy atom. The Labute approximate surface area is 165 Å². The van der Waals surface area contributed by atoms with Crippen LogP contribution in [-0.2, 0) is 9.84 Å². The van der Waals surface area contributed by atoms with Crippen molar-refractivity contribution in [3.8, 4) is 16.4 Å². The van der Waals surface area contributed by atoms with E-state index >= 15 is 0 Å². The summed E-state index contributed by atoms with van der Waals surface area (Å²) >= 11 is 1.44. The molecular formula is C18H17FN4O3S2. The first-order chi connectivity index (χ1) is 13.3. The molecule has 0 saturated carbocycles. The maximum Gasteiger partial charge on any atom is 0.293 e. The largest absolute Gasteiger partial charge is 0.335 e. The van der Waals surface area contributed by atoms with E-state index in [4.69, 9.17) is 0 Å². The molecule has 0 spiro atoms. The van der Waals surface area contributed by atoms with E-state index in [0.717, 1.165) is 4.88 Å². The van der Waals surface area contributed by atoms with Crippen LogP contribution < -0.4 is 0 Å². The van der Waals surface area contributed by atoms with E-state index in [1.54, 1.807) is 19.2 Å². The van der Waals surface area contributed by atoms with Crippen LogP contribution >= 0.6 is 11.3 Å². The lowest BCUT2D eigenvalue weighted by Crippen LogP contribution is -2.38. The molecule has 10 heteroatoms. The second-order valence-electron chi connectivity index (χ2n) is 6.60. The van der Waals surface area contributed by atoms with Crippen molar-refractivity contribution in [2.24, 2.45) is 0 Å². The van der Waals surface area contributed by atoms with Gasteiger partial charge in [0.15, 0.2) is 15.7 Å². The Bertz CT molecular complexity index is 1110. The summed E-state index contributed by atoms with van der Waals surface area (Å²) in [6, 6.07) is 9.07. The lowest BCUT2D eigenvalue weighted by atomic mass is 10.2. The summed E-state index contributed by atoms with van der Waals surface area (Å²) in [7, 11) is -1.55. The maximum atomic E-state index is 13.3. The number of thiophene rings is 1. The number of rotatable bonds is 4. The molecule has 1 aromatic carbocycles. The van der Waals surface area contributed by atoms with Gasteiger partial charge in [0.05, 0.1) is 22.1 Å². The molecule has 1 aliphatic rings. The number of halogens is 1.